The number of Topliss-reactive ketones (excluding diaryl/α,β-unsaturated/α-hetero) is 1. The molecule has 0 saturated carbocycles. The molecule has 106 valence electrons. The Morgan fingerprint density at radius 1 is 1.20 bits per heavy atom. The van der Waals surface area contributed by atoms with Gasteiger partial charge in [-0.15, -0.1) is 10.9 Å². The topological polar surface area (TPSA) is 29.5 Å². The largest absolute Gasteiger partial charge is 0.379 e. The van der Waals surface area contributed by atoms with Crippen molar-refractivity contribution in [2.75, 3.05) is 26.3 Å². The van der Waals surface area contributed by atoms with Crippen molar-refractivity contribution in [3.05, 3.63) is 29.8 Å². The first kappa shape index (κ1) is 15.5. The molecular formula is C13H11I2NO2S2. The van der Waals surface area contributed by atoms with Crippen LogP contribution >= 0.6 is 67.9 Å². The lowest BCUT2D eigenvalue weighted by atomic mass is 10.1. The molecule has 3 aliphatic rings. The van der Waals surface area contributed by atoms with Gasteiger partial charge in [0.05, 0.1) is 16.8 Å². The zero-order valence-corrected chi connectivity index (χ0v) is 16.3. The minimum Gasteiger partial charge on any atom is -0.379 e. The first-order valence-corrected chi connectivity index (χ1v) is 9.91. The summed E-state index contributed by atoms with van der Waals surface area (Å²) in [4.78, 5) is 15.7. The summed E-state index contributed by atoms with van der Waals surface area (Å²) in [6.45, 7) is 3.44. The molecule has 0 aromatic carbocycles. The van der Waals surface area contributed by atoms with Crippen LogP contribution in [0, 0.1) is 0 Å². The maximum absolute atomic E-state index is 12.3. The van der Waals surface area contributed by atoms with Gasteiger partial charge in [0.1, 0.15) is 4.32 Å². The molecule has 20 heavy (non-hydrogen) atoms. The van der Waals surface area contributed by atoms with E-state index in [4.69, 9.17) is 4.74 Å². The quantitative estimate of drug-likeness (QED) is 0.273. The van der Waals surface area contributed by atoms with E-state index in [9.17, 15) is 4.79 Å². The molecule has 0 bridgehead atoms. The summed E-state index contributed by atoms with van der Waals surface area (Å²) in [5.74, 6) is 0.133. The molecule has 0 aromatic heterocycles. The number of halogens is 2. The van der Waals surface area contributed by atoms with Crippen molar-refractivity contribution in [1.82, 2.24) is 4.90 Å². The number of ether oxygens (including phenoxy) is 1. The Morgan fingerprint density at radius 2 is 1.95 bits per heavy atom. The summed E-state index contributed by atoms with van der Waals surface area (Å²) >= 11 is 6.08. The maximum atomic E-state index is 12.3. The van der Waals surface area contributed by atoms with E-state index in [1.807, 2.05) is 12.2 Å². The van der Waals surface area contributed by atoms with Crippen LogP contribution in [0.1, 0.15) is 0 Å². The Labute approximate surface area is 152 Å². The number of carbonyl (C=O) groups is 1. The number of ketones is 1. The molecule has 2 aliphatic heterocycles. The molecule has 1 aliphatic carbocycles. The van der Waals surface area contributed by atoms with Crippen molar-refractivity contribution in [1.29, 1.82) is 0 Å². The number of morpholine rings is 1. The van der Waals surface area contributed by atoms with E-state index in [-0.39, 0.29) is 5.78 Å². The van der Waals surface area contributed by atoms with Crippen molar-refractivity contribution in [2.45, 2.75) is 0 Å². The van der Waals surface area contributed by atoms with E-state index in [1.54, 1.807) is 22.7 Å². The monoisotopic (exact) mass is 531 g/mol. The lowest BCUT2D eigenvalue weighted by Gasteiger charge is -2.26. The molecular weight excluding hydrogens is 520 g/mol. The Balaban J connectivity index is 1.82. The SMILES string of the molecule is O=C1C(I)=CC(I)=CC1=C1C=S=C(N2CCOCC2)S1. The lowest BCUT2D eigenvalue weighted by molar-refractivity contribution is -0.111. The Morgan fingerprint density at radius 3 is 2.70 bits per heavy atom. The number of rotatable bonds is 0. The standard InChI is InChI=1S/C13H11I2NO2S2/c14-8-5-9(12(17)10(15)6-8)11-7-19-13(20-11)16-1-3-18-4-2-16/h5-7H,1-4H2. The third kappa shape index (κ3) is 3.32. The molecule has 7 heteroatoms. The first-order chi connectivity index (χ1) is 9.65. The predicted molar refractivity (Wildman–Crippen MR) is 105 cm³/mol. The van der Waals surface area contributed by atoms with Gasteiger partial charge in [-0.1, -0.05) is 11.8 Å². The maximum Gasteiger partial charge on any atom is 0.200 e. The Hall–Kier alpha value is 0.580. The van der Waals surface area contributed by atoms with E-state index in [0.29, 0.717) is 0 Å². The molecule has 0 aromatic rings. The summed E-state index contributed by atoms with van der Waals surface area (Å²) < 4.78 is 8.53. The lowest BCUT2D eigenvalue weighted by Crippen LogP contribution is -2.38. The zero-order chi connectivity index (χ0) is 14.1. The molecule has 0 amide bonds. The van der Waals surface area contributed by atoms with Gasteiger partial charge in [0.2, 0.25) is 0 Å². The summed E-state index contributed by atoms with van der Waals surface area (Å²) in [6.07, 6.45) is 3.90. The summed E-state index contributed by atoms with van der Waals surface area (Å²) in [7, 11) is 1.72. The first-order valence-electron chi connectivity index (χ1n) is 6.06. The number of thioether (sulfide) groups is 1. The van der Waals surface area contributed by atoms with Crippen molar-refractivity contribution in [3.8, 4) is 0 Å². The van der Waals surface area contributed by atoms with Gasteiger partial charge in [0.25, 0.3) is 0 Å². The average Bonchev–Trinajstić information content (AvgIpc) is 2.93. The van der Waals surface area contributed by atoms with Gasteiger partial charge < -0.3 is 4.74 Å². The molecule has 1 fully saturated rings. The molecule has 1 saturated heterocycles. The van der Waals surface area contributed by atoms with Crippen molar-refractivity contribution in [2.24, 2.45) is 0 Å². The fourth-order valence-corrected chi connectivity index (χ4v) is 6.21. The van der Waals surface area contributed by atoms with Gasteiger partial charge >= 0.3 is 0 Å². The van der Waals surface area contributed by atoms with Crippen LogP contribution in [-0.4, -0.2) is 46.7 Å². The Kier molecular flexibility index (Phi) is 5.24. The highest BCUT2D eigenvalue weighted by atomic mass is 127. The van der Waals surface area contributed by atoms with Gasteiger partial charge in [-0.2, -0.15) is 0 Å². The summed E-state index contributed by atoms with van der Waals surface area (Å²) in [5.41, 5.74) is 0.821. The van der Waals surface area contributed by atoms with Gasteiger partial charge in [-0.3, -0.25) is 9.69 Å². The Bertz CT molecular complexity index is 624. The predicted octanol–water partition coefficient (Wildman–Crippen LogP) is 3.16. The van der Waals surface area contributed by atoms with Crippen LogP contribution in [0.5, 0.6) is 0 Å². The highest BCUT2D eigenvalue weighted by Gasteiger charge is 2.24. The third-order valence-electron chi connectivity index (χ3n) is 3.01. The van der Waals surface area contributed by atoms with Crippen molar-refractivity contribution < 1.29 is 9.53 Å². The molecule has 3 rings (SSSR count). The number of hydrogen-bond acceptors (Lipinski definition) is 4. The van der Waals surface area contributed by atoms with Crippen molar-refractivity contribution in [3.63, 3.8) is 0 Å². The second-order valence-electron chi connectivity index (χ2n) is 4.33. The molecule has 0 unspecified atom stereocenters. The van der Waals surface area contributed by atoms with E-state index in [1.165, 1.54) is 4.32 Å². The van der Waals surface area contributed by atoms with Gasteiger partial charge in [0.15, 0.2) is 5.78 Å². The number of hydrogen-bond donors (Lipinski definition) is 0. The van der Waals surface area contributed by atoms with E-state index >= 15 is 0 Å². The van der Waals surface area contributed by atoms with E-state index in [2.05, 4.69) is 55.4 Å². The molecule has 3 nitrogen and oxygen atoms in total. The second-order valence-corrected chi connectivity index (χ2v) is 8.89. The highest BCUT2D eigenvalue weighted by Crippen LogP contribution is 2.35. The summed E-state index contributed by atoms with van der Waals surface area (Å²) in [5, 5.41) is 2.10. The molecule has 0 N–H and O–H groups in total. The minimum absolute atomic E-state index is 0.133. The van der Waals surface area contributed by atoms with Crippen LogP contribution in [0.2, 0.25) is 0 Å². The third-order valence-corrected chi connectivity index (χ3v) is 6.92. The second kappa shape index (κ2) is 6.78. The number of allylic oxidation sites excluding steroid dienone is 6. The zero-order valence-electron chi connectivity index (χ0n) is 10.4. The van der Waals surface area contributed by atoms with Crippen molar-refractivity contribution >= 4 is 83.4 Å². The smallest absolute Gasteiger partial charge is 0.200 e. The van der Waals surface area contributed by atoms with Crippen LogP contribution in [0.25, 0.3) is 0 Å². The summed E-state index contributed by atoms with van der Waals surface area (Å²) in [6, 6.07) is 0. The molecule has 0 atom stereocenters. The van der Waals surface area contributed by atoms with Crippen LogP contribution in [0.3, 0.4) is 0 Å². The van der Waals surface area contributed by atoms with E-state index < -0.39 is 0 Å². The van der Waals surface area contributed by atoms with E-state index in [0.717, 1.165) is 43.9 Å². The van der Waals surface area contributed by atoms with Gasteiger partial charge in [0, 0.05) is 32.5 Å². The van der Waals surface area contributed by atoms with Crippen LogP contribution in [0.15, 0.2) is 29.8 Å². The molecule has 0 radical (unpaired) electrons. The van der Waals surface area contributed by atoms with Crippen LogP contribution in [-0.2, 0) is 9.53 Å². The number of nitrogens with zero attached hydrogens (tertiary/aromatic N) is 1. The minimum atomic E-state index is 0.133. The normalized spacial score (nSPS) is 27.9. The number of carbonyl (C=O) groups excluding carboxylic acids is 1. The highest BCUT2D eigenvalue weighted by molar-refractivity contribution is 14.1. The molecule has 2 heterocycles. The molecule has 0 spiro atoms. The fourth-order valence-electron chi connectivity index (χ4n) is 1.99. The van der Waals surface area contributed by atoms with Gasteiger partial charge in [-0.25, -0.2) is 0 Å². The van der Waals surface area contributed by atoms with Crippen LogP contribution < -0.4 is 0 Å². The fraction of sp³-hybridized carbons (Fsp3) is 0.308. The average molecular weight is 531 g/mol. The van der Waals surface area contributed by atoms with Crippen LogP contribution in [0.4, 0.5) is 0 Å². The van der Waals surface area contributed by atoms with Gasteiger partial charge in [-0.05, 0) is 57.3 Å².